The summed E-state index contributed by atoms with van der Waals surface area (Å²) in [6, 6.07) is 7.30. The smallest absolute Gasteiger partial charge is 0.341 e. The van der Waals surface area contributed by atoms with Gasteiger partial charge in [-0.25, -0.2) is 14.6 Å². The summed E-state index contributed by atoms with van der Waals surface area (Å²) in [5, 5.41) is 7.17. The summed E-state index contributed by atoms with van der Waals surface area (Å²) >= 11 is 1.03. The number of amides is 4. The Morgan fingerprint density at radius 3 is 2.74 bits per heavy atom. The zero-order chi connectivity index (χ0) is 22.2. The highest BCUT2D eigenvalue weighted by molar-refractivity contribution is 8.00. The van der Waals surface area contributed by atoms with Crippen LogP contribution >= 0.6 is 11.8 Å². The molecule has 3 N–H and O–H groups in total. The fourth-order valence-electron chi connectivity index (χ4n) is 2.40. The number of imide groups is 1. The van der Waals surface area contributed by atoms with Crippen molar-refractivity contribution >= 4 is 41.3 Å². The van der Waals surface area contributed by atoms with Crippen LogP contribution in [-0.4, -0.2) is 55.0 Å². The molecular weight excluding hydrogens is 428 g/mol. The first-order valence-corrected chi connectivity index (χ1v) is 9.91. The highest BCUT2D eigenvalue weighted by Gasteiger charge is 2.18. The maximum absolute atomic E-state index is 12.3. The van der Waals surface area contributed by atoms with Crippen molar-refractivity contribution in [2.75, 3.05) is 31.5 Å². The summed E-state index contributed by atoms with van der Waals surface area (Å²) in [5.41, 5.74) is 0.633. The Bertz CT molecular complexity index is 1010. The third-order valence-corrected chi connectivity index (χ3v) is 4.81. The van der Waals surface area contributed by atoms with E-state index in [0.717, 1.165) is 11.8 Å². The van der Waals surface area contributed by atoms with Crippen LogP contribution in [-0.2, 0) is 14.3 Å². The standard InChI is InChI=1S/C19H18N4O7S/c1-20-19(27)23-15(24)8-28-18(26)12-3-2-6-21-17(12)31-9-16(25)22-11-4-5-13-14(7-11)30-10-29-13/h2-7H,8-10H2,1H3,(H,22,25)(H2,20,23,24,27). The number of carbonyl (C=O) groups excluding carboxylic acids is 4. The Balaban J connectivity index is 1.53. The van der Waals surface area contributed by atoms with Gasteiger partial charge in [0, 0.05) is 25.0 Å². The van der Waals surface area contributed by atoms with Crippen LogP contribution in [0.25, 0.3) is 0 Å². The number of anilines is 1. The zero-order valence-electron chi connectivity index (χ0n) is 16.3. The summed E-state index contributed by atoms with van der Waals surface area (Å²) < 4.78 is 15.4. The Kier molecular flexibility index (Phi) is 7.27. The fraction of sp³-hybridized carbons (Fsp3) is 0.211. The lowest BCUT2D eigenvalue weighted by atomic mass is 10.3. The van der Waals surface area contributed by atoms with Gasteiger partial charge in [0.25, 0.3) is 5.91 Å². The lowest BCUT2D eigenvalue weighted by Crippen LogP contribution is -2.39. The first-order valence-electron chi connectivity index (χ1n) is 8.92. The third kappa shape index (κ3) is 6.09. The van der Waals surface area contributed by atoms with Gasteiger partial charge in [-0.3, -0.25) is 14.9 Å². The van der Waals surface area contributed by atoms with E-state index in [2.05, 4.69) is 15.6 Å². The van der Waals surface area contributed by atoms with E-state index < -0.39 is 24.5 Å². The number of fused-ring (bicyclic) bond motifs is 1. The molecule has 1 aliphatic rings. The average Bonchev–Trinajstić information content (AvgIpc) is 3.24. The monoisotopic (exact) mass is 446 g/mol. The van der Waals surface area contributed by atoms with E-state index in [9.17, 15) is 19.2 Å². The molecule has 0 radical (unpaired) electrons. The molecule has 3 rings (SSSR count). The van der Waals surface area contributed by atoms with Crippen LogP contribution in [0.2, 0.25) is 0 Å². The van der Waals surface area contributed by atoms with Gasteiger partial charge in [-0.1, -0.05) is 11.8 Å². The molecule has 31 heavy (non-hydrogen) atoms. The van der Waals surface area contributed by atoms with Crippen LogP contribution in [0.1, 0.15) is 10.4 Å². The number of aromatic nitrogens is 1. The molecule has 12 heteroatoms. The topological polar surface area (TPSA) is 145 Å². The van der Waals surface area contributed by atoms with Gasteiger partial charge in [-0.15, -0.1) is 0 Å². The molecule has 1 aromatic heterocycles. The molecule has 0 saturated carbocycles. The van der Waals surface area contributed by atoms with Gasteiger partial charge in [0.1, 0.15) is 5.03 Å². The minimum Gasteiger partial charge on any atom is -0.454 e. The number of hydrogen-bond acceptors (Lipinski definition) is 9. The maximum atomic E-state index is 12.3. The number of urea groups is 1. The molecule has 1 aromatic carbocycles. The first-order chi connectivity index (χ1) is 15.0. The predicted molar refractivity (Wildman–Crippen MR) is 109 cm³/mol. The second-order valence-electron chi connectivity index (χ2n) is 5.96. The number of thioether (sulfide) groups is 1. The first kappa shape index (κ1) is 21.9. The minimum atomic E-state index is -0.807. The largest absolute Gasteiger partial charge is 0.454 e. The van der Waals surface area contributed by atoms with E-state index in [1.54, 1.807) is 18.2 Å². The number of carbonyl (C=O) groups is 4. The van der Waals surface area contributed by atoms with Crippen molar-refractivity contribution in [2.45, 2.75) is 5.03 Å². The molecule has 2 heterocycles. The molecule has 4 amide bonds. The van der Waals surface area contributed by atoms with E-state index in [1.165, 1.54) is 25.4 Å². The molecule has 11 nitrogen and oxygen atoms in total. The Morgan fingerprint density at radius 2 is 1.94 bits per heavy atom. The second-order valence-corrected chi connectivity index (χ2v) is 6.93. The number of ether oxygens (including phenoxy) is 3. The van der Waals surface area contributed by atoms with Crippen molar-refractivity contribution in [1.29, 1.82) is 0 Å². The van der Waals surface area contributed by atoms with Crippen LogP contribution in [0.4, 0.5) is 10.5 Å². The number of hydrogen-bond donors (Lipinski definition) is 3. The Hall–Kier alpha value is -3.80. The summed E-state index contributed by atoms with van der Waals surface area (Å²) in [7, 11) is 1.34. The van der Waals surface area contributed by atoms with E-state index in [4.69, 9.17) is 14.2 Å². The summed E-state index contributed by atoms with van der Waals surface area (Å²) in [6.45, 7) is -0.509. The van der Waals surface area contributed by atoms with Gasteiger partial charge in [0.2, 0.25) is 12.7 Å². The van der Waals surface area contributed by atoms with Gasteiger partial charge in [-0.2, -0.15) is 0 Å². The highest BCUT2D eigenvalue weighted by Crippen LogP contribution is 2.34. The molecule has 0 bridgehead atoms. The van der Waals surface area contributed by atoms with Gasteiger partial charge < -0.3 is 24.8 Å². The molecule has 0 saturated heterocycles. The van der Waals surface area contributed by atoms with Crippen LogP contribution < -0.4 is 25.4 Å². The minimum absolute atomic E-state index is 0.0249. The van der Waals surface area contributed by atoms with Crippen molar-refractivity contribution in [1.82, 2.24) is 15.6 Å². The summed E-state index contributed by atoms with van der Waals surface area (Å²) in [6.07, 6.45) is 1.47. The normalized spacial score (nSPS) is 11.4. The number of rotatable bonds is 7. The lowest BCUT2D eigenvalue weighted by molar-refractivity contribution is -0.123. The van der Waals surface area contributed by atoms with E-state index in [-0.39, 0.29) is 29.0 Å². The quantitative estimate of drug-likeness (QED) is 0.421. The number of esters is 1. The lowest BCUT2D eigenvalue weighted by Gasteiger charge is -2.09. The van der Waals surface area contributed by atoms with E-state index >= 15 is 0 Å². The van der Waals surface area contributed by atoms with Gasteiger partial charge in [0.05, 0.1) is 11.3 Å². The molecule has 0 spiro atoms. The SMILES string of the molecule is CNC(=O)NC(=O)COC(=O)c1cccnc1SCC(=O)Nc1ccc2c(c1)OCO2. The second kappa shape index (κ2) is 10.3. The average molecular weight is 446 g/mol. The number of pyridine rings is 1. The Labute approximate surface area is 180 Å². The highest BCUT2D eigenvalue weighted by atomic mass is 32.2. The van der Waals surface area contributed by atoms with Gasteiger partial charge >= 0.3 is 12.0 Å². The zero-order valence-corrected chi connectivity index (χ0v) is 17.1. The van der Waals surface area contributed by atoms with Crippen molar-refractivity contribution < 1.29 is 33.4 Å². The van der Waals surface area contributed by atoms with Crippen molar-refractivity contribution in [3.63, 3.8) is 0 Å². The summed E-state index contributed by atoms with van der Waals surface area (Å²) in [5.74, 6) is -0.789. The molecule has 162 valence electrons. The maximum Gasteiger partial charge on any atom is 0.341 e. The van der Waals surface area contributed by atoms with Crippen molar-refractivity contribution in [3.05, 3.63) is 42.1 Å². The fourth-order valence-corrected chi connectivity index (χ4v) is 3.18. The molecule has 0 fully saturated rings. The molecule has 2 aromatic rings. The number of nitrogens with zero attached hydrogens (tertiary/aromatic N) is 1. The van der Waals surface area contributed by atoms with Crippen LogP contribution in [0.15, 0.2) is 41.6 Å². The van der Waals surface area contributed by atoms with Crippen LogP contribution in [0.3, 0.4) is 0 Å². The molecule has 0 atom stereocenters. The van der Waals surface area contributed by atoms with Crippen molar-refractivity contribution in [2.24, 2.45) is 0 Å². The van der Waals surface area contributed by atoms with Crippen LogP contribution in [0.5, 0.6) is 11.5 Å². The third-order valence-electron chi connectivity index (χ3n) is 3.80. The Morgan fingerprint density at radius 1 is 1.13 bits per heavy atom. The van der Waals surface area contributed by atoms with E-state index in [0.29, 0.717) is 17.2 Å². The number of benzene rings is 1. The van der Waals surface area contributed by atoms with Gasteiger partial charge in [0.15, 0.2) is 18.1 Å². The molecule has 0 unspecified atom stereocenters. The number of nitrogens with one attached hydrogen (secondary N) is 3. The van der Waals surface area contributed by atoms with Crippen LogP contribution in [0, 0.1) is 0 Å². The summed E-state index contributed by atoms with van der Waals surface area (Å²) in [4.78, 5) is 51.3. The molecular formula is C19H18N4O7S. The van der Waals surface area contributed by atoms with Gasteiger partial charge in [-0.05, 0) is 24.3 Å². The van der Waals surface area contributed by atoms with Crippen molar-refractivity contribution in [3.8, 4) is 11.5 Å². The molecule has 1 aliphatic heterocycles. The molecule has 0 aliphatic carbocycles. The van der Waals surface area contributed by atoms with E-state index in [1.807, 2.05) is 5.32 Å². The predicted octanol–water partition coefficient (Wildman–Crippen LogP) is 1.15.